The molecule has 0 saturated heterocycles. The van der Waals surface area contributed by atoms with Gasteiger partial charge in [0.15, 0.2) is 0 Å². The topological polar surface area (TPSA) is 74.6 Å². The summed E-state index contributed by atoms with van der Waals surface area (Å²) >= 11 is 0. The predicted octanol–water partition coefficient (Wildman–Crippen LogP) is 0.169. The second-order valence-corrected chi connectivity index (χ2v) is 1.19. The summed E-state index contributed by atoms with van der Waals surface area (Å²) in [7, 11) is 0. The predicted molar refractivity (Wildman–Crippen MR) is 34.2 cm³/mol. The van der Waals surface area contributed by atoms with Gasteiger partial charge in [0, 0.05) is 0 Å². The van der Waals surface area contributed by atoms with Gasteiger partial charge in [0.1, 0.15) is 5.78 Å². The molecule has 0 bridgehead atoms. The Kier molecular flexibility index (Phi) is 20.6. The van der Waals surface area contributed by atoms with Crippen LogP contribution in [0.1, 0.15) is 13.8 Å². The summed E-state index contributed by atoms with van der Waals surface area (Å²) in [5.41, 5.74) is 0. The van der Waals surface area contributed by atoms with Gasteiger partial charge in [0.25, 0.3) is 0 Å². The SMILES string of the molecule is CC(C)=O.O=C(O)O.[KH]. The summed E-state index contributed by atoms with van der Waals surface area (Å²) < 4.78 is 0. The van der Waals surface area contributed by atoms with E-state index in [1.807, 2.05) is 0 Å². The van der Waals surface area contributed by atoms with Crippen LogP contribution in [0, 0.1) is 0 Å². The molecule has 0 aromatic rings. The Balaban J connectivity index is -0.0000000720. The Labute approximate surface area is 95.7 Å². The first-order valence-corrected chi connectivity index (χ1v) is 1.86. The van der Waals surface area contributed by atoms with Gasteiger partial charge in [-0.3, -0.25) is 0 Å². The fraction of sp³-hybridized carbons (Fsp3) is 0.500. The molecular weight excluding hydrogens is 151 g/mol. The van der Waals surface area contributed by atoms with Crippen molar-refractivity contribution in [3.63, 3.8) is 0 Å². The van der Waals surface area contributed by atoms with E-state index in [2.05, 4.69) is 0 Å². The van der Waals surface area contributed by atoms with Gasteiger partial charge < -0.3 is 15.0 Å². The maximum absolute atomic E-state index is 9.44. The van der Waals surface area contributed by atoms with Crippen LogP contribution in [0.3, 0.4) is 0 Å². The van der Waals surface area contributed by atoms with Crippen molar-refractivity contribution in [2.75, 3.05) is 0 Å². The molecule has 0 aliphatic rings. The molecule has 0 saturated carbocycles. The summed E-state index contributed by atoms with van der Waals surface area (Å²) in [6.45, 7) is 3.06. The van der Waals surface area contributed by atoms with E-state index in [1.54, 1.807) is 0 Å². The molecule has 50 valence electrons. The fourth-order valence-corrected chi connectivity index (χ4v) is 0. The van der Waals surface area contributed by atoms with Crippen molar-refractivity contribution in [2.45, 2.75) is 13.8 Å². The van der Waals surface area contributed by atoms with Gasteiger partial charge in [0.2, 0.25) is 0 Å². The van der Waals surface area contributed by atoms with Crippen molar-refractivity contribution in [1.82, 2.24) is 0 Å². The van der Waals surface area contributed by atoms with Gasteiger partial charge in [0.05, 0.1) is 0 Å². The van der Waals surface area contributed by atoms with Crippen molar-refractivity contribution in [1.29, 1.82) is 0 Å². The fourth-order valence-electron chi connectivity index (χ4n) is 0. The molecule has 0 spiro atoms. The molecule has 0 aliphatic carbocycles. The van der Waals surface area contributed by atoms with Gasteiger partial charge in [-0.1, -0.05) is 0 Å². The maximum atomic E-state index is 9.44. The van der Waals surface area contributed by atoms with E-state index in [9.17, 15) is 4.79 Å². The third-order valence-corrected chi connectivity index (χ3v) is 0. The molecule has 9 heavy (non-hydrogen) atoms. The normalized spacial score (nSPS) is 5.56. The molecule has 0 rings (SSSR count). The van der Waals surface area contributed by atoms with Gasteiger partial charge in [-0.25, -0.2) is 4.79 Å². The van der Waals surface area contributed by atoms with Crippen LogP contribution in [0.15, 0.2) is 0 Å². The number of ketones is 1. The van der Waals surface area contributed by atoms with Gasteiger partial charge in [-0.2, -0.15) is 0 Å². The third-order valence-electron chi connectivity index (χ3n) is 0. The van der Waals surface area contributed by atoms with Gasteiger partial charge >= 0.3 is 57.5 Å². The van der Waals surface area contributed by atoms with Crippen LogP contribution in [-0.2, 0) is 4.79 Å². The van der Waals surface area contributed by atoms with Crippen LogP contribution in [0.25, 0.3) is 0 Å². The number of carboxylic acid groups (broad SMARTS) is 2. The Hall–Kier alpha value is 0.576. The van der Waals surface area contributed by atoms with E-state index in [4.69, 9.17) is 15.0 Å². The monoisotopic (exact) mass is 160 g/mol. The average Bonchev–Trinajstić information content (AvgIpc) is 1.25. The van der Waals surface area contributed by atoms with E-state index in [-0.39, 0.29) is 57.2 Å². The number of hydrogen-bond acceptors (Lipinski definition) is 2. The minimum absolute atomic E-state index is 0. The number of carbonyl (C=O) groups is 2. The Morgan fingerprint density at radius 2 is 1.11 bits per heavy atom. The van der Waals surface area contributed by atoms with E-state index >= 15 is 0 Å². The number of hydrogen-bond donors (Lipinski definition) is 2. The molecule has 0 unspecified atom stereocenters. The Bertz CT molecular complexity index is 70.6. The first kappa shape index (κ1) is 16.3. The zero-order valence-electron chi connectivity index (χ0n) is 4.71. The first-order chi connectivity index (χ1) is 3.46. The quantitative estimate of drug-likeness (QED) is 0.495. The van der Waals surface area contributed by atoms with Crippen molar-refractivity contribution in [2.24, 2.45) is 0 Å². The molecule has 0 radical (unpaired) electrons. The summed E-state index contributed by atoms with van der Waals surface area (Å²) in [6, 6.07) is 0. The summed E-state index contributed by atoms with van der Waals surface area (Å²) in [4.78, 5) is 18.0. The van der Waals surface area contributed by atoms with Crippen LogP contribution < -0.4 is 0 Å². The van der Waals surface area contributed by atoms with Crippen LogP contribution >= 0.6 is 0 Å². The molecule has 0 heterocycles. The molecule has 0 atom stereocenters. The first-order valence-electron chi connectivity index (χ1n) is 1.86. The zero-order valence-corrected chi connectivity index (χ0v) is 4.71. The second-order valence-electron chi connectivity index (χ2n) is 1.19. The van der Waals surface area contributed by atoms with E-state index in [0.29, 0.717) is 0 Å². The Morgan fingerprint density at radius 1 is 1.11 bits per heavy atom. The van der Waals surface area contributed by atoms with Gasteiger partial charge in [-0.05, 0) is 13.8 Å². The number of carbonyl (C=O) groups excluding carboxylic acids is 1. The molecule has 4 nitrogen and oxygen atoms in total. The molecule has 0 aromatic heterocycles. The van der Waals surface area contributed by atoms with Crippen LogP contribution in [-0.4, -0.2) is 73.5 Å². The summed E-state index contributed by atoms with van der Waals surface area (Å²) in [5.74, 6) is 0.167. The average molecular weight is 160 g/mol. The molecule has 5 heteroatoms. The van der Waals surface area contributed by atoms with Crippen LogP contribution in [0.2, 0.25) is 0 Å². The van der Waals surface area contributed by atoms with Gasteiger partial charge in [-0.15, -0.1) is 0 Å². The Morgan fingerprint density at radius 3 is 1.11 bits per heavy atom. The number of rotatable bonds is 0. The minimum atomic E-state index is -1.83. The van der Waals surface area contributed by atoms with E-state index < -0.39 is 6.16 Å². The van der Waals surface area contributed by atoms with Crippen molar-refractivity contribution in [3.8, 4) is 0 Å². The molecule has 0 aliphatic heterocycles. The molecule has 2 N–H and O–H groups in total. The zero-order chi connectivity index (χ0) is 7.15. The van der Waals surface area contributed by atoms with E-state index in [1.165, 1.54) is 13.8 Å². The van der Waals surface area contributed by atoms with Crippen LogP contribution in [0.4, 0.5) is 4.79 Å². The summed E-state index contributed by atoms with van der Waals surface area (Å²) in [5, 5.41) is 13.9. The summed E-state index contributed by atoms with van der Waals surface area (Å²) in [6.07, 6.45) is -1.83. The molecule has 0 fully saturated rings. The molecule has 0 amide bonds. The van der Waals surface area contributed by atoms with Crippen LogP contribution in [0.5, 0.6) is 0 Å². The standard InChI is InChI=1S/C3H6O.CH2O3.K.H/c1-3(2)4;2-1(3)4;;/h1-2H3;(H2,2,3,4);;. The molecule has 0 aromatic carbocycles. The second kappa shape index (κ2) is 11.4. The van der Waals surface area contributed by atoms with Crippen molar-refractivity contribution >= 4 is 63.3 Å². The molecular formula is C4H9KO4. The third kappa shape index (κ3) is 1120. The van der Waals surface area contributed by atoms with Crippen molar-refractivity contribution in [3.05, 3.63) is 0 Å². The number of Topliss-reactive ketones (excluding diaryl/α,β-unsaturated/α-hetero) is 1. The van der Waals surface area contributed by atoms with E-state index in [0.717, 1.165) is 0 Å². The van der Waals surface area contributed by atoms with Crippen molar-refractivity contribution < 1.29 is 19.8 Å².